The Morgan fingerprint density at radius 3 is 2.22 bits per heavy atom. The summed E-state index contributed by atoms with van der Waals surface area (Å²) in [5, 5.41) is 0. The van der Waals surface area contributed by atoms with E-state index < -0.39 is 11.9 Å². The van der Waals surface area contributed by atoms with Crippen molar-refractivity contribution in [3.05, 3.63) is 11.6 Å². The van der Waals surface area contributed by atoms with E-state index >= 15 is 0 Å². The summed E-state index contributed by atoms with van der Waals surface area (Å²) in [6, 6.07) is 0. The first-order chi connectivity index (χ1) is 8.69. The Balaban J connectivity index is 1.76. The minimum absolute atomic E-state index is 0.0195. The Bertz CT molecular complexity index is 354. The number of carbonyl (C=O) groups excluding carboxylic acids is 2. The predicted molar refractivity (Wildman–Crippen MR) is 59.8 cm³/mol. The average molecular weight is 256 g/mol. The molecule has 0 radical (unpaired) electrons. The number of carbonyl (C=O) groups is 2. The maximum Gasteiger partial charge on any atom is 0.334 e. The molecule has 2 heterocycles. The van der Waals surface area contributed by atoms with Crippen molar-refractivity contribution < 1.29 is 28.5 Å². The lowest BCUT2D eigenvalue weighted by Gasteiger charge is -2.05. The Morgan fingerprint density at radius 1 is 1.17 bits per heavy atom. The maximum absolute atomic E-state index is 11.6. The molecular formula is C12H16O6. The van der Waals surface area contributed by atoms with E-state index in [1.54, 1.807) is 6.92 Å². The molecule has 2 aliphatic heterocycles. The van der Waals surface area contributed by atoms with Gasteiger partial charge in [0.05, 0.1) is 13.2 Å². The standard InChI is InChI=1S/C12H16O6/c1-2-8(12(14)18-7-10-5-16-10)3-11(13)17-6-9-4-15-9/h3,9-10H,2,4-7H2,1H3/b8-3-. The molecule has 100 valence electrons. The number of hydrogen-bond donors (Lipinski definition) is 0. The first-order valence-electron chi connectivity index (χ1n) is 5.96. The smallest absolute Gasteiger partial charge is 0.334 e. The SMILES string of the molecule is CC/C(=C/C(=O)OCC1CO1)C(=O)OCC1CO1. The first-order valence-corrected chi connectivity index (χ1v) is 5.96. The third-order valence-electron chi connectivity index (χ3n) is 2.55. The zero-order valence-corrected chi connectivity index (χ0v) is 10.2. The third kappa shape index (κ3) is 4.46. The molecule has 0 bridgehead atoms. The molecule has 0 aromatic rings. The lowest BCUT2D eigenvalue weighted by Crippen LogP contribution is -2.14. The summed E-state index contributed by atoms with van der Waals surface area (Å²) in [5.41, 5.74) is 0.303. The lowest BCUT2D eigenvalue weighted by molar-refractivity contribution is -0.142. The molecule has 18 heavy (non-hydrogen) atoms. The van der Waals surface area contributed by atoms with E-state index in [9.17, 15) is 9.59 Å². The van der Waals surface area contributed by atoms with Gasteiger partial charge in [0.2, 0.25) is 0 Å². The number of hydrogen-bond acceptors (Lipinski definition) is 6. The van der Waals surface area contributed by atoms with Crippen LogP contribution in [0.15, 0.2) is 11.6 Å². The van der Waals surface area contributed by atoms with Gasteiger partial charge in [0, 0.05) is 11.6 Å². The second-order valence-corrected chi connectivity index (χ2v) is 4.16. The van der Waals surface area contributed by atoms with E-state index in [0.717, 1.165) is 0 Å². The monoisotopic (exact) mass is 256 g/mol. The van der Waals surface area contributed by atoms with Gasteiger partial charge in [0.1, 0.15) is 25.4 Å². The van der Waals surface area contributed by atoms with Crippen molar-refractivity contribution >= 4 is 11.9 Å². The molecule has 2 rings (SSSR count). The van der Waals surface area contributed by atoms with E-state index in [1.807, 2.05) is 0 Å². The van der Waals surface area contributed by atoms with E-state index in [0.29, 0.717) is 25.2 Å². The summed E-state index contributed by atoms with van der Waals surface area (Å²) in [5.74, 6) is -1.03. The van der Waals surface area contributed by atoms with Gasteiger partial charge in [-0.3, -0.25) is 0 Å². The van der Waals surface area contributed by atoms with Crippen LogP contribution in [-0.2, 0) is 28.5 Å². The molecule has 0 aliphatic carbocycles. The highest BCUT2D eigenvalue weighted by molar-refractivity contribution is 5.96. The van der Waals surface area contributed by atoms with Gasteiger partial charge in [0.15, 0.2) is 0 Å². The van der Waals surface area contributed by atoms with Gasteiger partial charge < -0.3 is 18.9 Å². The highest BCUT2D eigenvalue weighted by Crippen LogP contribution is 2.12. The molecule has 0 aromatic heterocycles. The zero-order chi connectivity index (χ0) is 13.0. The van der Waals surface area contributed by atoms with Crippen LogP contribution in [0.25, 0.3) is 0 Å². The second-order valence-electron chi connectivity index (χ2n) is 4.16. The lowest BCUT2D eigenvalue weighted by atomic mass is 10.2. The van der Waals surface area contributed by atoms with Crippen molar-refractivity contribution in [2.45, 2.75) is 25.6 Å². The molecule has 2 atom stereocenters. The minimum atomic E-state index is -0.540. The van der Waals surface area contributed by atoms with Crippen molar-refractivity contribution in [1.82, 2.24) is 0 Å². The van der Waals surface area contributed by atoms with Gasteiger partial charge in [-0.1, -0.05) is 6.92 Å². The molecule has 2 fully saturated rings. The minimum Gasteiger partial charge on any atom is -0.460 e. The van der Waals surface area contributed by atoms with E-state index in [-0.39, 0.29) is 25.4 Å². The van der Waals surface area contributed by atoms with Crippen LogP contribution in [-0.4, -0.2) is 50.6 Å². The van der Waals surface area contributed by atoms with E-state index in [1.165, 1.54) is 6.08 Å². The molecule has 0 N–H and O–H groups in total. The molecule has 6 heteroatoms. The Hall–Kier alpha value is -1.40. The summed E-state index contributed by atoms with van der Waals surface area (Å²) >= 11 is 0. The Morgan fingerprint density at radius 2 is 1.72 bits per heavy atom. The zero-order valence-electron chi connectivity index (χ0n) is 10.2. The number of epoxide rings is 2. The van der Waals surface area contributed by atoms with Crippen molar-refractivity contribution in [3.63, 3.8) is 0 Å². The van der Waals surface area contributed by atoms with Gasteiger partial charge >= 0.3 is 11.9 Å². The summed E-state index contributed by atoms with van der Waals surface area (Å²) in [4.78, 5) is 23.0. The molecular weight excluding hydrogens is 240 g/mol. The summed E-state index contributed by atoms with van der Waals surface area (Å²) in [7, 11) is 0. The number of rotatable bonds is 7. The van der Waals surface area contributed by atoms with Crippen LogP contribution in [0, 0.1) is 0 Å². The van der Waals surface area contributed by atoms with Crippen LogP contribution in [0.4, 0.5) is 0 Å². The number of ether oxygens (including phenoxy) is 4. The summed E-state index contributed by atoms with van der Waals surface area (Å²) in [6.45, 7) is 3.50. The Kier molecular flexibility index (Phi) is 4.33. The van der Waals surface area contributed by atoms with Gasteiger partial charge in [0.25, 0.3) is 0 Å². The second kappa shape index (κ2) is 5.97. The van der Waals surface area contributed by atoms with E-state index in [2.05, 4.69) is 0 Å². The van der Waals surface area contributed by atoms with Crippen LogP contribution in [0.3, 0.4) is 0 Å². The van der Waals surface area contributed by atoms with Crippen LogP contribution in [0.5, 0.6) is 0 Å². The summed E-state index contributed by atoms with van der Waals surface area (Å²) < 4.78 is 19.7. The molecule has 2 saturated heterocycles. The van der Waals surface area contributed by atoms with Crippen molar-refractivity contribution in [1.29, 1.82) is 0 Å². The molecule has 0 aromatic carbocycles. The molecule has 6 nitrogen and oxygen atoms in total. The predicted octanol–water partition coefficient (Wildman–Crippen LogP) is 0.207. The molecule has 0 amide bonds. The fourth-order valence-electron chi connectivity index (χ4n) is 1.25. The van der Waals surface area contributed by atoms with Gasteiger partial charge in [-0.15, -0.1) is 0 Å². The fraction of sp³-hybridized carbons (Fsp3) is 0.667. The normalized spacial score (nSPS) is 25.5. The highest BCUT2D eigenvalue weighted by atomic mass is 16.6. The summed E-state index contributed by atoms with van der Waals surface area (Å²) in [6.07, 6.45) is 1.63. The van der Waals surface area contributed by atoms with Crippen LogP contribution < -0.4 is 0 Å². The molecule has 2 aliphatic rings. The van der Waals surface area contributed by atoms with Crippen LogP contribution in [0.2, 0.25) is 0 Å². The third-order valence-corrected chi connectivity index (χ3v) is 2.55. The van der Waals surface area contributed by atoms with E-state index in [4.69, 9.17) is 18.9 Å². The Labute approximate surface area is 105 Å². The van der Waals surface area contributed by atoms with Gasteiger partial charge in [-0.05, 0) is 6.42 Å². The number of esters is 2. The van der Waals surface area contributed by atoms with Crippen molar-refractivity contribution in [2.24, 2.45) is 0 Å². The highest BCUT2D eigenvalue weighted by Gasteiger charge is 2.26. The molecule has 2 unspecified atom stereocenters. The molecule has 0 saturated carbocycles. The maximum atomic E-state index is 11.6. The fourth-order valence-corrected chi connectivity index (χ4v) is 1.25. The van der Waals surface area contributed by atoms with Gasteiger partial charge in [-0.2, -0.15) is 0 Å². The largest absolute Gasteiger partial charge is 0.460 e. The molecule has 0 spiro atoms. The quantitative estimate of drug-likeness (QED) is 0.368. The average Bonchev–Trinajstić information content (AvgIpc) is 3.24. The topological polar surface area (TPSA) is 77.7 Å². The van der Waals surface area contributed by atoms with Crippen molar-refractivity contribution in [3.8, 4) is 0 Å². The van der Waals surface area contributed by atoms with Crippen LogP contribution >= 0.6 is 0 Å². The first kappa shape index (κ1) is 13.0. The van der Waals surface area contributed by atoms with Gasteiger partial charge in [-0.25, -0.2) is 9.59 Å². The van der Waals surface area contributed by atoms with Crippen molar-refractivity contribution in [2.75, 3.05) is 26.4 Å². The van der Waals surface area contributed by atoms with Crippen LogP contribution in [0.1, 0.15) is 13.3 Å².